The number of carbonyl (C=O) groups is 1. The minimum Gasteiger partial charge on any atom is -0.546 e. The van der Waals surface area contributed by atoms with Crippen LogP contribution in [0.3, 0.4) is 0 Å². The first kappa shape index (κ1) is 30.6. The Balaban J connectivity index is 0.00000420. The van der Waals surface area contributed by atoms with Crippen LogP contribution in [0, 0.1) is 13.8 Å². The Hall–Kier alpha value is -2.97. The molecule has 0 radical (unpaired) electrons. The van der Waals surface area contributed by atoms with Crippen molar-refractivity contribution in [3.63, 3.8) is 0 Å². The van der Waals surface area contributed by atoms with Gasteiger partial charge in [-0.3, -0.25) is 4.21 Å². The van der Waals surface area contributed by atoms with Crippen LogP contribution in [0.1, 0.15) is 17.0 Å². The zero-order valence-corrected chi connectivity index (χ0v) is 25.6. The molecule has 200 valence electrons. The van der Waals surface area contributed by atoms with Crippen LogP contribution in [-0.4, -0.2) is 53.4 Å². The molecule has 4 rings (SSSR count). The van der Waals surface area contributed by atoms with E-state index >= 15 is 0 Å². The Kier molecular flexibility index (Phi) is 9.78. The fourth-order valence-corrected chi connectivity index (χ4v) is 6.70. The first-order chi connectivity index (χ1) is 18.1. The van der Waals surface area contributed by atoms with Crippen LogP contribution in [0.15, 0.2) is 58.6 Å². The molecule has 1 unspecified atom stereocenters. The number of carboxylic acids is 1. The molecule has 0 spiro atoms. The van der Waals surface area contributed by atoms with Gasteiger partial charge in [-0.15, -0.1) is 0 Å². The van der Waals surface area contributed by atoms with E-state index in [1.54, 1.807) is 31.3 Å². The number of carboxylic acid groups (broad SMARTS) is 1. The van der Waals surface area contributed by atoms with E-state index in [1.807, 2.05) is 6.92 Å². The van der Waals surface area contributed by atoms with Gasteiger partial charge in [0.15, 0.2) is 0 Å². The van der Waals surface area contributed by atoms with Crippen molar-refractivity contribution in [1.29, 1.82) is 0 Å². The summed E-state index contributed by atoms with van der Waals surface area (Å²) >= 11 is 0. The minimum atomic E-state index is -4.23. The molecule has 0 saturated carbocycles. The topological polar surface area (TPSA) is 150 Å². The van der Waals surface area contributed by atoms with Gasteiger partial charge in [-0.05, 0) is 50.2 Å². The molecule has 11 nitrogen and oxygen atoms in total. The number of aliphatic carboxylic acids is 1. The second-order valence-electron chi connectivity index (χ2n) is 8.18. The maximum Gasteiger partial charge on any atom is 1.00 e. The van der Waals surface area contributed by atoms with E-state index in [2.05, 4.69) is 9.97 Å². The van der Waals surface area contributed by atoms with E-state index in [0.29, 0.717) is 22.6 Å². The molecular formula is C25H24N3NaO8S2. The Bertz CT molecular complexity index is 1650. The zero-order valence-electron chi connectivity index (χ0n) is 22.0. The van der Waals surface area contributed by atoms with Crippen LogP contribution in [-0.2, 0) is 31.4 Å². The molecule has 2 aromatic carbocycles. The quantitative estimate of drug-likeness (QED) is 0.208. The molecule has 4 aromatic rings. The Morgan fingerprint density at radius 3 is 2.33 bits per heavy atom. The van der Waals surface area contributed by atoms with Crippen molar-refractivity contribution in [2.75, 3.05) is 20.8 Å². The fraction of sp³-hybridized carbons (Fsp3) is 0.240. The van der Waals surface area contributed by atoms with E-state index in [1.165, 1.54) is 38.5 Å². The summed E-state index contributed by atoms with van der Waals surface area (Å²) in [5.41, 5.74) is 1.96. The third-order valence-electron chi connectivity index (χ3n) is 5.68. The number of aryl methyl sites for hydroxylation is 1. The van der Waals surface area contributed by atoms with Gasteiger partial charge in [-0.1, -0.05) is 0 Å². The molecule has 0 aliphatic carbocycles. The number of methoxy groups -OCH3 is 2. The van der Waals surface area contributed by atoms with Crippen LogP contribution in [0.2, 0.25) is 0 Å². The van der Waals surface area contributed by atoms with Gasteiger partial charge in [0, 0.05) is 23.4 Å². The molecule has 0 aliphatic heterocycles. The number of rotatable bonds is 10. The molecular weight excluding hydrogens is 557 g/mol. The number of fused-ring (bicyclic) bond motifs is 1. The predicted octanol–water partition coefficient (Wildman–Crippen LogP) is -1.26. The second kappa shape index (κ2) is 12.5. The van der Waals surface area contributed by atoms with Crippen molar-refractivity contribution in [2.24, 2.45) is 0 Å². The second-order valence-corrected chi connectivity index (χ2v) is 11.3. The smallest absolute Gasteiger partial charge is 0.546 e. The van der Waals surface area contributed by atoms with Gasteiger partial charge in [0.2, 0.25) is 0 Å². The van der Waals surface area contributed by atoms with E-state index < -0.39 is 33.4 Å². The van der Waals surface area contributed by atoms with Crippen molar-refractivity contribution in [1.82, 2.24) is 13.9 Å². The third kappa shape index (κ3) is 6.28. The average Bonchev–Trinajstić information content (AvgIpc) is 3.25. The summed E-state index contributed by atoms with van der Waals surface area (Å²) in [5, 5.41) is 10.9. The summed E-state index contributed by atoms with van der Waals surface area (Å²) in [6.45, 7) is 2.88. The first-order valence-electron chi connectivity index (χ1n) is 11.2. The number of benzene rings is 2. The largest absolute Gasteiger partial charge is 1.00 e. The van der Waals surface area contributed by atoms with Gasteiger partial charge >= 0.3 is 29.6 Å². The monoisotopic (exact) mass is 581 g/mol. The summed E-state index contributed by atoms with van der Waals surface area (Å²) in [6, 6.07) is 9.98. The van der Waals surface area contributed by atoms with Crippen molar-refractivity contribution in [3.05, 3.63) is 65.6 Å². The van der Waals surface area contributed by atoms with Gasteiger partial charge in [0.25, 0.3) is 10.0 Å². The van der Waals surface area contributed by atoms with Gasteiger partial charge < -0.3 is 24.1 Å². The maximum atomic E-state index is 13.8. The fourth-order valence-electron chi connectivity index (χ4n) is 3.96. The zero-order chi connectivity index (χ0) is 27.6. The van der Waals surface area contributed by atoms with Crippen molar-refractivity contribution in [2.45, 2.75) is 29.5 Å². The number of aromatic nitrogens is 3. The number of hydrogen-bond acceptors (Lipinski definition) is 10. The van der Waals surface area contributed by atoms with Crippen molar-refractivity contribution >= 4 is 37.8 Å². The third-order valence-corrected chi connectivity index (χ3v) is 8.80. The van der Waals surface area contributed by atoms with Gasteiger partial charge in [0.1, 0.15) is 34.7 Å². The maximum absolute atomic E-state index is 13.8. The minimum absolute atomic E-state index is 0. The number of nitrogens with zero attached hydrogens (tertiary/aromatic N) is 3. The van der Waals surface area contributed by atoms with E-state index in [0.717, 1.165) is 9.54 Å². The number of ether oxygens (including phenoxy) is 3. The SMILES string of the molecule is COc1ccc2c(c1)nc(CS(=O)c1ncc(C)c(OC)c1C)n2S(=O)(=O)c1ccc(OCC(=O)[O-])cc1.[Na+]. The summed E-state index contributed by atoms with van der Waals surface area (Å²) in [6.07, 6.45) is 1.55. The average molecular weight is 582 g/mol. The molecule has 39 heavy (non-hydrogen) atoms. The van der Waals surface area contributed by atoms with Gasteiger partial charge in [-0.25, -0.2) is 22.4 Å². The first-order valence-corrected chi connectivity index (χ1v) is 13.9. The molecule has 1 atom stereocenters. The molecule has 0 bridgehead atoms. The number of pyridine rings is 1. The van der Waals surface area contributed by atoms with Crippen LogP contribution >= 0.6 is 0 Å². The molecule has 2 heterocycles. The van der Waals surface area contributed by atoms with Crippen LogP contribution in [0.5, 0.6) is 17.2 Å². The summed E-state index contributed by atoms with van der Waals surface area (Å²) in [4.78, 5) is 19.3. The van der Waals surface area contributed by atoms with Crippen LogP contribution < -0.4 is 48.9 Å². The summed E-state index contributed by atoms with van der Waals surface area (Å²) in [5.74, 6) is -0.439. The molecule has 0 aliphatic rings. The Morgan fingerprint density at radius 1 is 1.05 bits per heavy atom. The molecule has 0 amide bonds. The van der Waals surface area contributed by atoms with Gasteiger partial charge in [0.05, 0.1) is 52.7 Å². The predicted molar refractivity (Wildman–Crippen MR) is 136 cm³/mol. The van der Waals surface area contributed by atoms with Crippen molar-refractivity contribution < 1.29 is 66.3 Å². The number of hydrogen-bond donors (Lipinski definition) is 0. The molecule has 0 fully saturated rings. The Labute approximate surface area is 249 Å². The van der Waals surface area contributed by atoms with Gasteiger partial charge in [-0.2, -0.15) is 0 Å². The summed E-state index contributed by atoms with van der Waals surface area (Å²) in [7, 11) is -3.00. The molecule has 0 N–H and O–H groups in total. The van der Waals surface area contributed by atoms with Crippen LogP contribution in [0.4, 0.5) is 0 Å². The molecule has 14 heteroatoms. The molecule has 2 aromatic heterocycles. The number of imidazole rings is 1. The normalized spacial score (nSPS) is 12.0. The van der Waals surface area contributed by atoms with Crippen molar-refractivity contribution in [3.8, 4) is 17.2 Å². The van der Waals surface area contributed by atoms with E-state index in [-0.39, 0.29) is 62.3 Å². The standard InChI is InChI=1S/C25H25N3O8S2.Na/c1-15-12-26-25(16(2)24(15)35-4)37(31)14-22-27-20-11-18(34-3)7-10-21(20)28(22)38(32,33)19-8-5-17(6-9-19)36-13-23(29)30;/h5-12H,13-14H2,1-4H3,(H,29,30);/q;+1/p-1. The molecule has 0 saturated heterocycles. The number of carbonyl (C=O) groups excluding carboxylic acids is 1. The Morgan fingerprint density at radius 2 is 1.72 bits per heavy atom. The van der Waals surface area contributed by atoms with Crippen LogP contribution in [0.25, 0.3) is 11.0 Å². The van der Waals surface area contributed by atoms with E-state index in [4.69, 9.17) is 14.2 Å². The van der Waals surface area contributed by atoms with E-state index in [9.17, 15) is 22.5 Å². The summed E-state index contributed by atoms with van der Waals surface area (Å²) < 4.78 is 57.8.